The fraction of sp³-hybridized carbons (Fsp3) is 0.192. The van der Waals surface area contributed by atoms with Crippen molar-refractivity contribution in [3.8, 4) is 0 Å². The van der Waals surface area contributed by atoms with Crippen LogP contribution in [0.2, 0.25) is 5.15 Å². The molecule has 106 heavy (non-hydrogen) atoms. The minimum absolute atomic E-state index is 0.123. The Hall–Kier alpha value is -12.8. The van der Waals surface area contributed by atoms with Crippen molar-refractivity contribution in [3.63, 3.8) is 0 Å². The lowest BCUT2D eigenvalue weighted by Gasteiger charge is -2.26. The van der Waals surface area contributed by atoms with E-state index in [2.05, 4.69) is 50.3 Å². The number of nitrogens with zero attached hydrogens (tertiary/aromatic N) is 16. The predicted molar refractivity (Wildman–Crippen MR) is 403 cm³/mol. The van der Waals surface area contributed by atoms with Gasteiger partial charge in [-0.2, -0.15) is 5.01 Å². The number of pyridine rings is 10. The lowest BCUT2D eigenvalue weighted by atomic mass is 10.2. The summed E-state index contributed by atoms with van der Waals surface area (Å²) < 4.78 is 15.5. The Morgan fingerprint density at radius 1 is 0.368 bits per heavy atom. The Balaban J connectivity index is 0.000000181. The molecule has 0 radical (unpaired) electrons. The van der Waals surface area contributed by atoms with E-state index in [0.717, 1.165) is 27.3 Å². The van der Waals surface area contributed by atoms with Gasteiger partial charge < -0.3 is 14.2 Å². The van der Waals surface area contributed by atoms with E-state index < -0.39 is 11.8 Å². The van der Waals surface area contributed by atoms with E-state index in [9.17, 15) is 33.6 Å². The summed E-state index contributed by atoms with van der Waals surface area (Å²) in [5, 5.41) is 1.47. The molecule has 0 fully saturated rings. The molecular formula is C78H78ClN17O10. The number of benzene rings is 1. The summed E-state index contributed by atoms with van der Waals surface area (Å²) in [4.78, 5) is 139. The van der Waals surface area contributed by atoms with Gasteiger partial charge in [-0.25, -0.2) is 19.9 Å². The van der Waals surface area contributed by atoms with Crippen LogP contribution in [-0.2, 0) is 14.2 Å². The van der Waals surface area contributed by atoms with Crippen molar-refractivity contribution < 1.29 is 47.8 Å². The molecule has 0 aliphatic heterocycles. The number of carbonyl (C=O) groups is 7. The highest BCUT2D eigenvalue weighted by Crippen LogP contribution is 2.27. The zero-order chi connectivity index (χ0) is 75.9. The molecule has 11 rings (SSSR count). The Morgan fingerprint density at radius 3 is 1.23 bits per heavy atom. The molecule has 0 atom stereocenters. The molecular weight excluding hydrogens is 1370 g/mol. The summed E-state index contributed by atoms with van der Waals surface area (Å²) in [5.41, 5.74) is 9.14. The SMILES string of the molecule is COCCN(C(=O)c1ccccc1)c1cc(C)cc(Cl)n1.COCCN(C(=O)c1cccnc1)c1ccc(C)c(N(CCOC)C(=O)c2cccnc2)n1.Cc1ccc(N(C)C(=O)c2cccnc2)nc1N(C)C(=O)c1cccnc1.Cc1ccc(N(NC(=O)c2cccnc2)C(=O)c2cccnc2)nc1. The average Bonchev–Trinajstić information content (AvgIpc) is 0.811. The van der Waals surface area contributed by atoms with E-state index in [0.29, 0.717) is 105 Å². The molecule has 7 amide bonds. The van der Waals surface area contributed by atoms with Crippen LogP contribution in [0.15, 0.2) is 232 Å². The number of hydrazine groups is 1. The first-order valence-electron chi connectivity index (χ1n) is 32.9. The zero-order valence-corrected chi connectivity index (χ0v) is 60.6. The number of ether oxygens (including phenoxy) is 3. The summed E-state index contributed by atoms with van der Waals surface area (Å²) in [6.07, 6.45) is 20.1. The number of hydrogen-bond donors (Lipinski definition) is 1. The normalized spacial score (nSPS) is 10.4. The molecule has 1 aromatic carbocycles. The lowest BCUT2D eigenvalue weighted by molar-refractivity contribution is 0.0886. The molecule has 11 aromatic rings. The van der Waals surface area contributed by atoms with Gasteiger partial charge >= 0.3 is 0 Å². The first-order chi connectivity index (χ1) is 51.3. The zero-order valence-electron chi connectivity index (χ0n) is 59.8. The quantitative estimate of drug-likeness (QED) is 0.0487. The summed E-state index contributed by atoms with van der Waals surface area (Å²) in [5.74, 6) is 0.604. The highest BCUT2D eigenvalue weighted by molar-refractivity contribution is 6.29. The minimum Gasteiger partial charge on any atom is -0.383 e. The number of hydrogen-bond acceptors (Lipinski definition) is 20. The number of anilines is 6. The van der Waals surface area contributed by atoms with Gasteiger partial charge in [0.25, 0.3) is 41.4 Å². The Morgan fingerprint density at radius 2 is 0.764 bits per heavy atom. The number of halogens is 1. The smallest absolute Gasteiger partial charge is 0.280 e. The molecule has 10 aromatic heterocycles. The fourth-order valence-corrected chi connectivity index (χ4v) is 10.1. The average molecular weight is 1450 g/mol. The Labute approximate surface area is 618 Å². The van der Waals surface area contributed by atoms with E-state index >= 15 is 0 Å². The maximum absolute atomic E-state index is 13.3. The van der Waals surface area contributed by atoms with Crippen LogP contribution in [0.3, 0.4) is 0 Å². The third-order valence-electron chi connectivity index (χ3n) is 15.4. The van der Waals surface area contributed by atoms with Crippen molar-refractivity contribution in [1.82, 2.24) is 55.3 Å². The minimum atomic E-state index is -0.465. The van der Waals surface area contributed by atoms with Crippen molar-refractivity contribution >= 4 is 87.9 Å². The van der Waals surface area contributed by atoms with E-state index in [1.165, 1.54) is 51.9 Å². The van der Waals surface area contributed by atoms with E-state index in [4.69, 9.17) is 30.8 Å². The Bertz CT molecular complexity index is 4670. The molecule has 1 N–H and O–H groups in total. The molecule has 0 unspecified atom stereocenters. The maximum Gasteiger partial charge on any atom is 0.280 e. The van der Waals surface area contributed by atoms with Gasteiger partial charge in [0.2, 0.25) is 0 Å². The number of amides is 7. The van der Waals surface area contributed by atoms with E-state index in [1.54, 1.807) is 198 Å². The second-order valence-electron chi connectivity index (χ2n) is 23.1. The summed E-state index contributed by atoms with van der Waals surface area (Å²) in [6, 6.07) is 43.4. The van der Waals surface area contributed by atoms with Crippen LogP contribution in [-0.4, -0.2) is 166 Å². The van der Waals surface area contributed by atoms with Crippen molar-refractivity contribution in [3.05, 3.63) is 299 Å². The van der Waals surface area contributed by atoms with Gasteiger partial charge in [0.15, 0.2) is 5.82 Å². The van der Waals surface area contributed by atoms with Gasteiger partial charge in [-0.1, -0.05) is 48.0 Å². The molecule has 0 saturated carbocycles. The summed E-state index contributed by atoms with van der Waals surface area (Å²) in [7, 11) is 8.03. The fourth-order valence-electron chi connectivity index (χ4n) is 9.88. The van der Waals surface area contributed by atoms with Crippen molar-refractivity contribution in [2.75, 3.05) is 104 Å². The number of nitrogens with one attached hydrogen (secondary N) is 1. The molecule has 0 aliphatic rings. The van der Waals surface area contributed by atoms with Gasteiger partial charge in [0.1, 0.15) is 34.2 Å². The molecule has 10 heterocycles. The molecule has 0 aliphatic carbocycles. The first-order valence-corrected chi connectivity index (χ1v) is 33.3. The van der Waals surface area contributed by atoms with Crippen molar-refractivity contribution in [2.24, 2.45) is 0 Å². The van der Waals surface area contributed by atoms with Crippen LogP contribution < -0.4 is 34.9 Å². The number of rotatable bonds is 22. The van der Waals surface area contributed by atoms with Crippen molar-refractivity contribution in [1.29, 1.82) is 0 Å². The third kappa shape index (κ3) is 22.1. The predicted octanol–water partition coefficient (Wildman–Crippen LogP) is 11.0. The van der Waals surface area contributed by atoms with Crippen LogP contribution in [0.1, 0.15) is 94.8 Å². The van der Waals surface area contributed by atoms with Crippen LogP contribution in [0.5, 0.6) is 0 Å². The second-order valence-corrected chi connectivity index (χ2v) is 23.5. The van der Waals surface area contributed by atoms with Crippen molar-refractivity contribution in [2.45, 2.75) is 27.7 Å². The van der Waals surface area contributed by atoms with Crippen LogP contribution in [0.25, 0.3) is 0 Å². The highest BCUT2D eigenvalue weighted by Gasteiger charge is 2.27. The van der Waals surface area contributed by atoms with Gasteiger partial charge in [-0.05, 0) is 165 Å². The molecule has 0 bridgehead atoms. The molecule has 27 nitrogen and oxygen atoms in total. The van der Waals surface area contributed by atoms with Crippen LogP contribution in [0.4, 0.5) is 34.9 Å². The number of aryl methyl sites for hydroxylation is 4. The highest BCUT2D eigenvalue weighted by atomic mass is 35.5. The van der Waals surface area contributed by atoms with Gasteiger partial charge in [0.05, 0.1) is 72.8 Å². The standard InChI is InChI=1S/C24H27N5O4.C20H19N5O2.C18H15N5O2.C16H17ClN2O2/c1-18-8-9-21(28(12-14-32-2)23(30)19-6-4-10-25-16-19)27-22(18)29(13-15-33-3)24(31)20-7-5-11-26-17-20;1-14-8-9-17(24(2)19(26)15-6-4-10-21-12-15)23-18(14)25(3)20(27)16-7-5-11-22-13-16;1-13-6-7-16(21-10-13)23(18(25)15-5-3-9-20-12-15)22-17(24)14-4-2-8-19-11-14;1-12-10-14(17)18-15(11-12)19(8-9-21-2)16(20)13-6-4-3-5-7-13/h4-11,16-17H,12-15H2,1-3H3;4-13H,1-3H3;2-12H,1H3,(H,22,24);3-7,10-11H,8-9H2,1-2H3. The number of aromatic nitrogens is 10. The molecule has 0 saturated heterocycles. The van der Waals surface area contributed by atoms with Gasteiger partial charge in [-0.3, -0.25) is 93.4 Å². The number of methoxy groups -OCH3 is 3. The van der Waals surface area contributed by atoms with Gasteiger partial charge in [0, 0.05) is 122 Å². The first kappa shape index (κ1) is 78.9. The molecule has 542 valence electrons. The lowest BCUT2D eigenvalue weighted by Crippen LogP contribution is -2.47. The number of carbonyl (C=O) groups excluding carboxylic acids is 7. The van der Waals surface area contributed by atoms with E-state index in [1.807, 2.05) is 70.2 Å². The maximum atomic E-state index is 13.3. The van der Waals surface area contributed by atoms with E-state index in [-0.39, 0.29) is 42.6 Å². The molecule has 28 heteroatoms. The largest absolute Gasteiger partial charge is 0.383 e. The summed E-state index contributed by atoms with van der Waals surface area (Å²) in [6.45, 7) is 9.58. The topological polar surface area (TPSA) is 308 Å². The molecule has 0 spiro atoms. The van der Waals surface area contributed by atoms with Crippen LogP contribution in [0, 0.1) is 27.7 Å². The summed E-state index contributed by atoms with van der Waals surface area (Å²) >= 11 is 6.00. The monoisotopic (exact) mass is 1450 g/mol. The Kier molecular flexibility index (Phi) is 29.9. The van der Waals surface area contributed by atoms with Gasteiger partial charge in [-0.15, -0.1) is 0 Å². The third-order valence-corrected chi connectivity index (χ3v) is 15.6. The van der Waals surface area contributed by atoms with Crippen LogP contribution >= 0.6 is 11.6 Å². The second kappa shape index (κ2) is 40.1.